The van der Waals surface area contributed by atoms with Crippen LogP contribution in [0, 0.1) is 5.41 Å². The maximum absolute atomic E-state index is 3.47. The zero-order chi connectivity index (χ0) is 14.6. The highest BCUT2D eigenvalue weighted by Crippen LogP contribution is 2.23. The van der Waals surface area contributed by atoms with Gasteiger partial charge >= 0.3 is 0 Å². The lowest BCUT2D eigenvalue weighted by Gasteiger charge is -2.18. The highest BCUT2D eigenvalue weighted by molar-refractivity contribution is 5.80. The third-order valence-corrected chi connectivity index (χ3v) is 3.70. The summed E-state index contributed by atoms with van der Waals surface area (Å²) in [7, 11) is 0. The Kier molecular flexibility index (Phi) is 4.87. The van der Waals surface area contributed by atoms with Crippen LogP contribution in [0.15, 0.2) is 30.5 Å². The summed E-state index contributed by atoms with van der Waals surface area (Å²) >= 11 is 0. The molecule has 0 radical (unpaired) electrons. The van der Waals surface area contributed by atoms with Crippen molar-refractivity contribution in [1.82, 2.24) is 9.88 Å². The summed E-state index contributed by atoms with van der Waals surface area (Å²) in [6.07, 6.45) is 4.61. The first-order valence-corrected chi connectivity index (χ1v) is 7.78. The fourth-order valence-electron chi connectivity index (χ4n) is 2.40. The number of hydrogen-bond acceptors (Lipinski definition) is 1. The van der Waals surface area contributed by atoms with Gasteiger partial charge in [-0.25, -0.2) is 0 Å². The van der Waals surface area contributed by atoms with Gasteiger partial charge in [0.05, 0.1) is 0 Å². The summed E-state index contributed by atoms with van der Waals surface area (Å²) in [5.41, 5.74) is 3.13. The van der Waals surface area contributed by atoms with E-state index >= 15 is 0 Å². The number of rotatable bonds is 6. The van der Waals surface area contributed by atoms with Crippen molar-refractivity contribution in [1.29, 1.82) is 0 Å². The Labute approximate surface area is 123 Å². The number of hydrogen-bond donors (Lipinski definition) is 1. The molecule has 1 heterocycles. The van der Waals surface area contributed by atoms with E-state index in [9.17, 15) is 0 Å². The van der Waals surface area contributed by atoms with E-state index in [1.165, 1.54) is 29.3 Å². The van der Waals surface area contributed by atoms with Crippen LogP contribution in [0.3, 0.4) is 0 Å². The fraction of sp³-hybridized carbons (Fsp3) is 0.556. The van der Waals surface area contributed by atoms with E-state index in [4.69, 9.17) is 0 Å². The Morgan fingerprint density at radius 1 is 1.15 bits per heavy atom. The Bertz CT molecular complexity index is 546. The number of fused-ring (bicyclic) bond motifs is 1. The maximum atomic E-state index is 3.47. The predicted octanol–water partition coefficient (Wildman–Crippen LogP) is 4.58. The van der Waals surface area contributed by atoms with Crippen LogP contribution in [0.2, 0.25) is 0 Å². The standard InChI is InChI=1S/C18H28N2/c1-5-10-19-14-15-6-7-16-8-11-20(17(16)13-15)12-9-18(2,3)4/h6-8,11,13,19H,5,9-10,12,14H2,1-4H3. The zero-order valence-corrected chi connectivity index (χ0v) is 13.4. The third kappa shape index (κ3) is 4.11. The quantitative estimate of drug-likeness (QED) is 0.762. The molecule has 0 spiro atoms. The molecule has 0 saturated carbocycles. The third-order valence-electron chi connectivity index (χ3n) is 3.70. The molecule has 2 rings (SSSR count). The van der Waals surface area contributed by atoms with Crippen LogP contribution >= 0.6 is 0 Å². The molecule has 2 aromatic rings. The summed E-state index contributed by atoms with van der Waals surface area (Å²) in [6, 6.07) is 9.03. The van der Waals surface area contributed by atoms with Crippen LogP contribution in [0.25, 0.3) is 10.9 Å². The molecule has 0 unspecified atom stereocenters. The van der Waals surface area contributed by atoms with Crippen LogP contribution in [0.4, 0.5) is 0 Å². The van der Waals surface area contributed by atoms with E-state index in [0.717, 1.165) is 19.6 Å². The van der Waals surface area contributed by atoms with Crippen LogP contribution in [-0.2, 0) is 13.1 Å². The van der Waals surface area contributed by atoms with Crippen molar-refractivity contribution < 1.29 is 0 Å². The summed E-state index contributed by atoms with van der Waals surface area (Å²) < 4.78 is 2.39. The number of nitrogens with one attached hydrogen (secondary N) is 1. The largest absolute Gasteiger partial charge is 0.347 e. The van der Waals surface area contributed by atoms with E-state index in [1.54, 1.807) is 0 Å². The van der Waals surface area contributed by atoms with E-state index in [1.807, 2.05) is 0 Å². The van der Waals surface area contributed by atoms with E-state index in [2.05, 4.69) is 68.0 Å². The molecule has 2 nitrogen and oxygen atoms in total. The second kappa shape index (κ2) is 6.45. The highest BCUT2D eigenvalue weighted by Gasteiger charge is 2.11. The molecule has 2 heteroatoms. The Balaban J connectivity index is 2.13. The van der Waals surface area contributed by atoms with Crippen molar-refractivity contribution >= 4 is 10.9 Å². The highest BCUT2D eigenvalue weighted by atomic mass is 15.0. The van der Waals surface area contributed by atoms with Gasteiger partial charge in [0, 0.05) is 24.8 Å². The number of benzene rings is 1. The molecule has 1 N–H and O–H groups in total. The topological polar surface area (TPSA) is 17.0 Å². The smallest absolute Gasteiger partial charge is 0.0483 e. The van der Waals surface area contributed by atoms with Crippen molar-refractivity contribution in [3.63, 3.8) is 0 Å². The van der Waals surface area contributed by atoms with Gasteiger partial charge in [-0.1, -0.05) is 39.8 Å². The Hall–Kier alpha value is -1.28. The van der Waals surface area contributed by atoms with Crippen LogP contribution in [0.5, 0.6) is 0 Å². The van der Waals surface area contributed by atoms with Gasteiger partial charge in [0.2, 0.25) is 0 Å². The van der Waals surface area contributed by atoms with Crippen molar-refractivity contribution in [2.24, 2.45) is 5.41 Å². The van der Waals surface area contributed by atoms with Gasteiger partial charge in [-0.3, -0.25) is 0 Å². The molecule has 110 valence electrons. The lowest BCUT2D eigenvalue weighted by molar-refractivity contribution is 0.353. The molecule has 0 fully saturated rings. The second-order valence-corrected chi connectivity index (χ2v) is 6.89. The summed E-state index contributed by atoms with van der Waals surface area (Å²) in [4.78, 5) is 0. The fourth-order valence-corrected chi connectivity index (χ4v) is 2.40. The lowest BCUT2D eigenvalue weighted by Crippen LogP contribution is -2.13. The predicted molar refractivity (Wildman–Crippen MR) is 88.0 cm³/mol. The lowest BCUT2D eigenvalue weighted by atomic mass is 9.92. The van der Waals surface area contributed by atoms with Crippen LogP contribution in [-0.4, -0.2) is 11.1 Å². The molecule has 0 amide bonds. The molecular weight excluding hydrogens is 244 g/mol. The zero-order valence-electron chi connectivity index (χ0n) is 13.4. The van der Waals surface area contributed by atoms with Gasteiger partial charge in [0.15, 0.2) is 0 Å². The SMILES string of the molecule is CCCNCc1ccc2ccn(CCC(C)(C)C)c2c1. The van der Waals surface area contributed by atoms with Crippen molar-refractivity contribution in [3.8, 4) is 0 Å². The molecule has 0 aliphatic heterocycles. The minimum Gasteiger partial charge on any atom is -0.347 e. The van der Waals surface area contributed by atoms with Crippen LogP contribution < -0.4 is 5.32 Å². The van der Waals surface area contributed by atoms with E-state index in [0.29, 0.717) is 5.41 Å². The molecule has 1 aromatic carbocycles. The Morgan fingerprint density at radius 2 is 1.95 bits per heavy atom. The van der Waals surface area contributed by atoms with Gasteiger partial charge in [0.25, 0.3) is 0 Å². The maximum Gasteiger partial charge on any atom is 0.0483 e. The molecule has 1 aromatic heterocycles. The van der Waals surface area contributed by atoms with Crippen LogP contribution in [0.1, 0.15) is 46.1 Å². The van der Waals surface area contributed by atoms with Crippen molar-refractivity contribution in [2.45, 2.75) is 53.6 Å². The van der Waals surface area contributed by atoms with Gasteiger partial charge in [-0.15, -0.1) is 0 Å². The molecule has 0 saturated heterocycles. The number of aryl methyl sites for hydroxylation is 1. The van der Waals surface area contributed by atoms with E-state index in [-0.39, 0.29) is 0 Å². The van der Waals surface area contributed by atoms with Crippen molar-refractivity contribution in [2.75, 3.05) is 6.54 Å². The monoisotopic (exact) mass is 272 g/mol. The minimum atomic E-state index is 0.386. The molecular formula is C18H28N2. The minimum absolute atomic E-state index is 0.386. The summed E-state index contributed by atoms with van der Waals surface area (Å²) in [6.45, 7) is 12.3. The number of nitrogens with zero attached hydrogens (tertiary/aromatic N) is 1. The van der Waals surface area contributed by atoms with Gasteiger partial charge in [0.1, 0.15) is 0 Å². The van der Waals surface area contributed by atoms with Gasteiger partial charge in [-0.05, 0) is 47.9 Å². The summed E-state index contributed by atoms with van der Waals surface area (Å²) in [5.74, 6) is 0. The molecule has 0 aliphatic carbocycles. The molecule has 0 aliphatic rings. The first-order valence-electron chi connectivity index (χ1n) is 7.78. The average molecular weight is 272 g/mol. The molecule has 0 bridgehead atoms. The Morgan fingerprint density at radius 3 is 2.65 bits per heavy atom. The first kappa shape index (κ1) is 15.1. The molecule has 20 heavy (non-hydrogen) atoms. The normalized spacial score (nSPS) is 12.2. The average Bonchev–Trinajstić information content (AvgIpc) is 2.78. The van der Waals surface area contributed by atoms with E-state index < -0.39 is 0 Å². The molecule has 0 atom stereocenters. The second-order valence-electron chi connectivity index (χ2n) is 6.89. The number of aromatic nitrogens is 1. The van der Waals surface area contributed by atoms with Crippen molar-refractivity contribution in [3.05, 3.63) is 36.0 Å². The van der Waals surface area contributed by atoms with Gasteiger partial charge < -0.3 is 9.88 Å². The first-order chi connectivity index (χ1) is 9.49. The summed E-state index contributed by atoms with van der Waals surface area (Å²) in [5, 5.41) is 4.82. The van der Waals surface area contributed by atoms with Gasteiger partial charge in [-0.2, -0.15) is 0 Å².